The van der Waals surface area contributed by atoms with Gasteiger partial charge in [0.05, 0.1) is 5.69 Å². The lowest BCUT2D eigenvalue weighted by Gasteiger charge is -2.24. The third-order valence-corrected chi connectivity index (χ3v) is 5.24. The number of aryl methyl sites for hydroxylation is 1. The van der Waals surface area contributed by atoms with Crippen LogP contribution in [0.15, 0.2) is 48.5 Å². The van der Waals surface area contributed by atoms with E-state index in [1.54, 1.807) is 4.90 Å². The minimum atomic E-state index is -0.0740. The molecule has 1 amide bonds. The number of fused-ring (bicyclic) bond motifs is 1. The molecule has 0 aliphatic rings. The van der Waals surface area contributed by atoms with E-state index in [0.29, 0.717) is 10.7 Å². The van der Waals surface area contributed by atoms with Crippen molar-refractivity contribution in [3.05, 3.63) is 64.8 Å². The maximum atomic E-state index is 13.0. The number of benzene rings is 2. The first-order valence-electron chi connectivity index (χ1n) is 8.85. The fourth-order valence-electron chi connectivity index (χ4n) is 2.99. The van der Waals surface area contributed by atoms with Crippen molar-refractivity contribution >= 4 is 28.3 Å². The normalized spacial score (nSPS) is 12.2. The largest absolute Gasteiger partial charge is 0.338 e. The zero-order valence-electron chi connectivity index (χ0n) is 15.6. The van der Waals surface area contributed by atoms with Crippen molar-refractivity contribution in [3.8, 4) is 11.3 Å². The molecular formula is C22H23ClN2O. The highest BCUT2D eigenvalue weighted by Crippen LogP contribution is 2.33. The molecule has 1 atom stereocenters. The van der Waals surface area contributed by atoms with Gasteiger partial charge in [-0.2, -0.15) is 0 Å². The summed E-state index contributed by atoms with van der Waals surface area (Å²) in [6.07, 6.45) is 0.895. The maximum absolute atomic E-state index is 13.0. The zero-order valence-corrected chi connectivity index (χ0v) is 16.3. The van der Waals surface area contributed by atoms with Crippen LogP contribution in [0.5, 0.6) is 0 Å². The second kappa shape index (κ2) is 7.46. The lowest BCUT2D eigenvalue weighted by Crippen LogP contribution is -2.35. The molecule has 0 saturated heterocycles. The molecule has 0 N–H and O–H groups in total. The smallest absolute Gasteiger partial charge is 0.272 e. The van der Waals surface area contributed by atoms with Crippen LogP contribution in [0.3, 0.4) is 0 Å². The van der Waals surface area contributed by atoms with Crippen molar-refractivity contribution < 1.29 is 4.79 Å². The molecule has 0 saturated carbocycles. The van der Waals surface area contributed by atoms with Gasteiger partial charge >= 0.3 is 0 Å². The molecule has 0 aliphatic heterocycles. The third-order valence-electron chi connectivity index (χ3n) is 4.91. The number of carbonyl (C=O) groups is 1. The van der Waals surface area contributed by atoms with E-state index in [-0.39, 0.29) is 11.9 Å². The first kappa shape index (κ1) is 18.4. The molecule has 0 fully saturated rings. The molecule has 0 unspecified atom stereocenters. The number of hydrogen-bond acceptors (Lipinski definition) is 2. The van der Waals surface area contributed by atoms with Gasteiger partial charge in [-0.3, -0.25) is 4.79 Å². The Hall–Kier alpha value is -2.39. The minimum Gasteiger partial charge on any atom is -0.338 e. The molecule has 134 valence electrons. The predicted molar refractivity (Wildman–Crippen MR) is 109 cm³/mol. The van der Waals surface area contributed by atoms with E-state index in [1.807, 2.05) is 69.4 Å². The Balaban J connectivity index is 2.22. The number of nitrogens with zero attached hydrogens (tertiary/aromatic N) is 2. The topological polar surface area (TPSA) is 33.2 Å². The fourth-order valence-corrected chi connectivity index (χ4v) is 3.20. The van der Waals surface area contributed by atoms with Gasteiger partial charge < -0.3 is 4.90 Å². The fraction of sp³-hybridized carbons (Fsp3) is 0.273. The van der Waals surface area contributed by atoms with Crippen molar-refractivity contribution in [1.29, 1.82) is 0 Å². The van der Waals surface area contributed by atoms with Crippen LogP contribution in [0.25, 0.3) is 22.0 Å². The van der Waals surface area contributed by atoms with Gasteiger partial charge in [-0.05, 0) is 43.9 Å². The van der Waals surface area contributed by atoms with Crippen LogP contribution in [-0.4, -0.2) is 28.9 Å². The highest BCUT2D eigenvalue weighted by molar-refractivity contribution is 6.33. The molecule has 2 aromatic carbocycles. The number of halogens is 1. The van der Waals surface area contributed by atoms with Crippen LogP contribution in [0.2, 0.25) is 5.02 Å². The molecule has 3 aromatic rings. The first-order valence-corrected chi connectivity index (χ1v) is 9.23. The molecule has 26 heavy (non-hydrogen) atoms. The number of hydrogen-bond donors (Lipinski definition) is 0. The Labute approximate surface area is 159 Å². The SMILES string of the molecule is CC[C@@H](C)N(C)C(=O)c1cc2ccccc2c(-c2cc(C)ccc2Cl)n1. The standard InChI is InChI=1S/C22H23ClN2O/c1-5-15(3)25(4)22(26)20-13-16-8-6-7-9-17(16)21(24-20)18-12-14(2)10-11-19(18)23/h6-13,15H,5H2,1-4H3/t15-/m1/s1. The molecule has 0 radical (unpaired) electrons. The van der Waals surface area contributed by atoms with E-state index >= 15 is 0 Å². The van der Waals surface area contributed by atoms with Gasteiger partial charge in [0, 0.05) is 29.1 Å². The lowest BCUT2D eigenvalue weighted by molar-refractivity contribution is 0.0735. The summed E-state index contributed by atoms with van der Waals surface area (Å²) in [5.74, 6) is -0.0740. The van der Waals surface area contributed by atoms with Gasteiger partial charge in [0.1, 0.15) is 5.69 Å². The van der Waals surface area contributed by atoms with Crippen LogP contribution < -0.4 is 0 Å². The monoisotopic (exact) mass is 366 g/mol. The summed E-state index contributed by atoms with van der Waals surface area (Å²) in [6.45, 7) is 6.13. The van der Waals surface area contributed by atoms with Gasteiger partial charge in [0.15, 0.2) is 0 Å². The second-order valence-electron chi connectivity index (χ2n) is 6.73. The summed E-state index contributed by atoms with van der Waals surface area (Å²) in [5, 5.41) is 2.60. The second-order valence-corrected chi connectivity index (χ2v) is 7.14. The van der Waals surface area contributed by atoms with E-state index in [4.69, 9.17) is 16.6 Å². The Morgan fingerprint density at radius 1 is 1.19 bits per heavy atom. The van der Waals surface area contributed by atoms with Crippen molar-refractivity contribution in [1.82, 2.24) is 9.88 Å². The van der Waals surface area contributed by atoms with E-state index in [2.05, 4.69) is 6.92 Å². The summed E-state index contributed by atoms with van der Waals surface area (Å²) in [4.78, 5) is 19.4. The van der Waals surface area contributed by atoms with Gasteiger partial charge in [0.25, 0.3) is 5.91 Å². The summed E-state index contributed by atoms with van der Waals surface area (Å²) < 4.78 is 0. The van der Waals surface area contributed by atoms with E-state index in [9.17, 15) is 4.79 Å². The van der Waals surface area contributed by atoms with Crippen molar-refractivity contribution in [2.75, 3.05) is 7.05 Å². The molecule has 0 bridgehead atoms. The van der Waals surface area contributed by atoms with E-state index in [1.165, 1.54) is 0 Å². The molecule has 3 rings (SSSR count). The highest BCUT2D eigenvalue weighted by Gasteiger charge is 2.20. The Morgan fingerprint density at radius 3 is 2.65 bits per heavy atom. The van der Waals surface area contributed by atoms with Gasteiger partial charge in [-0.15, -0.1) is 0 Å². The molecule has 0 spiro atoms. The minimum absolute atomic E-state index is 0.0740. The van der Waals surface area contributed by atoms with Crippen molar-refractivity contribution in [2.45, 2.75) is 33.2 Å². The lowest BCUT2D eigenvalue weighted by atomic mass is 10.0. The summed E-state index contributed by atoms with van der Waals surface area (Å²) in [6, 6.07) is 15.9. The Kier molecular flexibility index (Phi) is 5.28. The molecule has 1 aromatic heterocycles. The van der Waals surface area contributed by atoms with Crippen LogP contribution in [0.1, 0.15) is 36.3 Å². The number of rotatable bonds is 4. The van der Waals surface area contributed by atoms with Crippen molar-refractivity contribution in [3.63, 3.8) is 0 Å². The van der Waals surface area contributed by atoms with Crippen LogP contribution in [0, 0.1) is 6.92 Å². The molecule has 4 heteroatoms. The number of carbonyl (C=O) groups excluding carboxylic acids is 1. The number of amides is 1. The van der Waals surface area contributed by atoms with E-state index in [0.717, 1.165) is 34.0 Å². The quantitative estimate of drug-likeness (QED) is 0.590. The molecular weight excluding hydrogens is 344 g/mol. The maximum Gasteiger partial charge on any atom is 0.272 e. The Morgan fingerprint density at radius 2 is 1.92 bits per heavy atom. The summed E-state index contributed by atoms with van der Waals surface area (Å²) >= 11 is 6.46. The Bertz CT molecular complexity index is 968. The molecule has 1 heterocycles. The number of aromatic nitrogens is 1. The predicted octanol–water partition coefficient (Wildman–Crippen LogP) is 5.73. The zero-order chi connectivity index (χ0) is 18.8. The third kappa shape index (κ3) is 3.45. The van der Waals surface area contributed by atoms with Crippen LogP contribution >= 0.6 is 11.6 Å². The average Bonchev–Trinajstić information content (AvgIpc) is 2.67. The van der Waals surface area contributed by atoms with Crippen molar-refractivity contribution in [2.24, 2.45) is 0 Å². The van der Waals surface area contributed by atoms with E-state index < -0.39 is 0 Å². The first-order chi connectivity index (χ1) is 12.4. The van der Waals surface area contributed by atoms with Gasteiger partial charge in [-0.25, -0.2) is 4.98 Å². The van der Waals surface area contributed by atoms with Crippen LogP contribution in [-0.2, 0) is 0 Å². The van der Waals surface area contributed by atoms with Crippen LogP contribution in [0.4, 0.5) is 0 Å². The summed E-state index contributed by atoms with van der Waals surface area (Å²) in [7, 11) is 1.83. The molecule has 0 aliphatic carbocycles. The highest BCUT2D eigenvalue weighted by atomic mass is 35.5. The van der Waals surface area contributed by atoms with Gasteiger partial charge in [0.2, 0.25) is 0 Å². The average molecular weight is 367 g/mol. The number of pyridine rings is 1. The molecule has 3 nitrogen and oxygen atoms in total. The summed E-state index contributed by atoms with van der Waals surface area (Å²) in [5.41, 5.74) is 3.14. The van der Waals surface area contributed by atoms with Gasteiger partial charge in [-0.1, -0.05) is 54.4 Å².